The second kappa shape index (κ2) is 11.5. The van der Waals surface area contributed by atoms with Crippen molar-refractivity contribution in [2.24, 2.45) is 0 Å². The highest BCUT2D eigenvalue weighted by Crippen LogP contribution is 2.34. The SMILES string of the molecule is C=C(CC)C(=O)C(C)(C)OCCOC(C)(C)c1ccc(C(C)(C)c2ccc(OC(C)C)cc2)cc1. The molecule has 0 aliphatic heterocycles. The Morgan fingerprint density at radius 2 is 1.26 bits per heavy atom. The maximum Gasteiger partial charge on any atom is 0.189 e. The quantitative estimate of drug-likeness (QED) is 0.222. The second-order valence-electron chi connectivity index (χ2n) is 10.9. The van der Waals surface area contributed by atoms with Crippen LogP contribution in [-0.4, -0.2) is 30.7 Å². The number of benzene rings is 2. The minimum Gasteiger partial charge on any atom is -0.491 e. The highest BCUT2D eigenvalue weighted by atomic mass is 16.5. The van der Waals surface area contributed by atoms with E-state index in [1.165, 1.54) is 11.1 Å². The molecule has 0 N–H and O–H groups in total. The Labute approximate surface area is 212 Å². The van der Waals surface area contributed by atoms with Gasteiger partial charge in [0.15, 0.2) is 5.78 Å². The molecule has 0 spiro atoms. The molecular formula is C31H44O4. The molecule has 2 aromatic rings. The number of ether oxygens (including phenoxy) is 3. The van der Waals surface area contributed by atoms with Crippen LogP contribution in [0.1, 0.15) is 85.4 Å². The third kappa shape index (κ3) is 7.52. The van der Waals surface area contributed by atoms with Crippen molar-refractivity contribution in [1.82, 2.24) is 0 Å². The van der Waals surface area contributed by atoms with E-state index < -0.39 is 11.2 Å². The Morgan fingerprint density at radius 3 is 1.74 bits per heavy atom. The normalized spacial score (nSPS) is 12.6. The molecule has 0 radical (unpaired) electrons. The number of hydrogen-bond acceptors (Lipinski definition) is 4. The van der Waals surface area contributed by atoms with E-state index in [1.807, 2.05) is 32.9 Å². The Morgan fingerprint density at radius 1 is 0.800 bits per heavy atom. The average molecular weight is 481 g/mol. The van der Waals surface area contributed by atoms with E-state index in [-0.39, 0.29) is 17.3 Å². The molecule has 0 fully saturated rings. The summed E-state index contributed by atoms with van der Waals surface area (Å²) in [5.41, 5.74) is 2.61. The minimum absolute atomic E-state index is 0.0560. The van der Waals surface area contributed by atoms with Gasteiger partial charge in [-0.15, -0.1) is 0 Å². The lowest BCUT2D eigenvalue weighted by Crippen LogP contribution is -2.37. The van der Waals surface area contributed by atoms with E-state index in [0.717, 1.165) is 11.3 Å². The summed E-state index contributed by atoms with van der Waals surface area (Å²) >= 11 is 0. The lowest BCUT2D eigenvalue weighted by molar-refractivity contribution is -0.141. The van der Waals surface area contributed by atoms with Crippen molar-refractivity contribution in [1.29, 1.82) is 0 Å². The topological polar surface area (TPSA) is 44.8 Å². The molecule has 0 bridgehead atoms. The fourth-order valence-corrected chi connectivity index (χ4v) is 4.01. The third-order valence-corrected chi connectivity index (χ3v) is 6.55. The molecule has 192 valence electrons. The van der Waals surface area contributed by atoms with Crippen molar-refractivity contribution in [3.05, 3.63) is 77.4 Å². The number of Topliss-reactive ketones (excluding diaryl/α,β-unsaturated/α-hetero) is 1. The first-order valence-electron chi connectivity index (χ1n) is 12.6. The van der Waals surface area contributed by atoms with Gasteiger partial charge in [0.1, 0.15) is 11.4 Å². The molecule has 0 saturated heterocycles. The molecule has 0 aliphatic carbocycles. The number of hydrogen-bond donors (Lipinski definition) is 0. The molecule has 4 nitrogen and oxygen atoms in total. The smallest absolute Gasteiger partial charge is 0.189 e. The average Bonchev–Trinajstić information content (AvgIpc) is 2.81. The predicted octanol–water partition coefficient (Wildman–Crippen LogP) is 7.38. The van der Waals surface area contributed by atoms with Gasteiger partial charge in [-0.3, -0.25) is 4.79 Å². The summed E-state index contributed by atoms with van der Waals surface area (Å²) in [6.45, 7) is 22.7. The molecule has 0 heterocycles. The zero-order valence-corrected chi connectivity index (χ0v) is 23.2. The molecule has 0 amide bonds. The van der Waals surface area contributed by atoms with Crippen LogP contribution < -0.4 is 4.74 Å². The van der Waals surface area contributed by atoms with Gasteiger partial charge in [0.05, 0.1) is 24.9 Å². The maximum atomic E-state index is 12.4. The molecule has 0 unspecified atom stereocenters. The zero-order chi connectivity index (χ0) is 26.4. The van der Waals surface area contributed by atoms with Crippen molar-refractivity contribution in [2.75, 3.05) is 13.2 Å². The van der Waals surface area contributed by atoms with Gasteiger partial charge in [-0.2, -0.15) is 0 Å². The number of carbonyl (C=O) groups is 1. The van der Waals surface area contributed by atoms with Crippen molar-refractivity contribution < 1.29 is 19.0 Å². The molecule has 0 atom stereocenters. The third-order valence-electron chi connectivity index (χ3n) is 6.55. The zero-order valence-electron chi connectivity index (χ0n) is 23.2. The van der Waals surface area contributed by atoms with Gasteiger partial charge >= 0.3 is 0 Å². The van der Waals surface area contributed by atoms with Gasteiger partial charge in [-0.05, 0) is 82.4 Å². The fourth-order valence-electron chi connectivity index (χ4n) is 4.01. The monoisotopic (exact) mass is 480 g/mol. The van der Waals surface area contributed by atoms with E-state index in [2.05, 4.69) is 70.7 Å². The van der Waals surface area contributed by atoms with Crippen LogP contribution in [-0.2, 0) is 25.3 Å². The molecule has 35 heavy (non-hydrogen) atoms. The Balaban J connectivity index is 2.01. The van der Waals surface area contributed by atoms with Crippen molar-refractivity contribution >= 4 is 5.78 Å². The van der Waals surface area contributed by atoms with Crippen LogP contribution in [0.15, 0.2) is 60.7 Å². The van der Waals surface area contributed by atoms with Crippen molar-refractivity contribution in [3.8, 4) is 5.75 Å². The lowest BCUT2D eigenvalue weighted by atomic mass is 9.77. The van der Waals surface area contributed by atoms with E-state index >= 15 is 0 Å². The van der Waals surface area contributed by atoms with E-state index in [1.54, 1.807) is 13.8 Å². The van der Waals surface area contributed by atoms with Crippen molar-refractivity contribution in [2.45, 2.75) is 91.5 Å². The van der Waals surface area contributed by atoms with Crippen LogP contribution in [0.25, 0.3) is 0 Å². The second-order valence-corrected chi connectivity index (χ2v) is 10.9. The lowest BCUT2D eigenvalue weighted by Gasteiger charge is -2.30. The number of ketones is 1. The van der Waals surface area contributed by atoms with Gasteiger partial charge in [-0.1, -0.05) is 63.7 Å². The molecule has 0 aromatic heterocycles. The Bertz CT molecular complexity index is 980. The minimum atomic E-state index is -0.896. The molecular weight excluding hydrogens is 436 g/mol. The molecule has 2 rings (SSSR count). The Hall–Kier alpha value is -2.43. The first kappa shape index (κ1) is 28.8. The van der Waals surface area contributed by atoms with E-state index in [0.29, 0.717) is 25.2 Å². The highest BCUT2D eigenvalue weighted by Gasteiger charge is 2.30. The van der Waals surface area contributed by atoms with E-state index in [4.69, 9.17) is 14.2 Å². The summed E-state index contributed by atoms with van der Waals surface area (Å²) in [5.74, 6) is 0.834. The van der Waals surface area contributed by atoms with Crippen LogP contribution >= 0.6 is 0 Å². The first-order chi connectivity index (χ1) is 16.2. The number of carbonyl (C=O) groups excluding carboxylic acids is 1. The van der Waals surface area contributed by atoms with Crippen LogP contribution in [0.5, 0.6) is 5.75 Å². The molecule has 0 saturated carbocycles. The van der Waals surface area contributed by atoms with E-state index in [9.17, 15) is 4.79 Å². The first-order valence-corrected chi connectivity index (χ1v) is 12.6. The Kier molecular flexibility index (Phi) is 9.49. The summed E-state index contributed by atoms with van der Waals surface area (Å²) in [5, 5.41) is 0. The highest BCUT2D eigenvalue weighted by molar-refractivity contribution is 6.00. The van der Waals surface area contributed by atoms with Crippen LogP contribution in [0, 0.1) is 0 Å². The molecule has 2 aromatic carbocycles. The van der Waals surface area contributed by atoms with Crippen LogP contribution in [0.4, 0.5) is 0 Å². The molecule has 4 heteroatoms. The summed E-state index contributed by atoms with van der Waals surface area (Å²) < 4.78 is 17.8. The largest absolute Gasteiger partial charge is 0.491 e. The summed E-state index contributed by atoms with van der Waals surface area (Å²) in [6.07, 6.45) is 0.786. The van der Waals surface area contributed by atoms with Gasteiger partial charge in [-0.25, -0.2) is 0 Å². The van der Waals surface area contributed by atoms with Gasteiger partial charge in [0, 0.05) is 5.41 Å². The maximum absolute atomic E-state index is 12.4. The summed E-state index contributed by atoms with van der Waals surface area (Å²) in [4.78, 5) is 12.4. The fraction of sp³-hybridized carbons (Fsp3) is 0.516. The van der Waals surface area contributed by atoms with Crippen LogP contribution in [0.2, 0.25) is 0 Å². The predicted molar refractivity (Wildman–Crippen MR) is 144 cm³/mol. The standard InChI is InChI=1S/C31H44O4/c1-11-23(4)28(32)31(9,10)34-21-20-33-30(7,8)26-14-12-24(13-15-26)29(5,6)25-16-18-27(19-17-25)35-22(2)3/h12-19,22H,4,11,20-21H2,1-3,5-10H3. The summed E-state index contributed by atoms with van der Waals surface area (Å²) in [6, 6.07) is 17.0. The number of rotatable bonds is 13. The van der Waals surface area contributed by atoms with Gasteiger partial charge < -0.3 is 14.2 Å². The van der Waals surface area contributed by atoms with Crippen LogP contribution in [0.3, 0.4) is 0 Å². The summed E-state index contributed by atoms with van der Waals surface area (Å²) in [7, 11) is 0. The van der Waals surface area contributed by atoms with Crippen molar-refractivity contribution in [3.63, 3.8) is 0 Å². The van der Waals surface area contributed by atoms with Gasteiger partial charge in [0.2, 0.25) is 0 Å². The molecule has 0 aliphatic rings. The van der Waals surface area contributed by atoms with Gasteiger partial charge in [0.25, 0.3) is 0 Å².